The van der Waals surface area contributed by atoms with Gasteiger partial charge in [0.25, 0.3) is 0 Å². The molecule has 0 rings (SSSR count). The van der Waals surface area contributed by atoms with Gasteiger partial charge >= 0.3 is 16.8 Å². The van der Waals surface area contributed by atoms with Gasteiger partial charge in [0.15, 0.2) is 0 Å². The van der Waals surface area contributed by atoms with Crippen molar-refractivity contribution >= 4 is 41.8 Å². The second-order valence-corrected chi connectivity index (χ2v) is 3.44. The van der Waals surface area contributed by atoms with Crippen molar-refractivity contribution in [3.63, 3.8) is 0 Å². The minimum Gasteiger partial charge on any atom is -0.550 e. The molecule has 0 heterocycles. The number of hydrogen-bond acceptors (Lipinski definition) is 14. The maximum Gasteiger partial charge on any atom is 2.00 e. The van der Waals surface area contributed by atoms with Gasteiger partial charge in [-0.2, -0.15) is 0 Å². The molecule has 0 aromatic heterocycles. The van der Waals surface area contributed by atoms with E-state index in [4.69, 9.17) is 69.3 Å². The molecular formula is C14H21CoO14V-5. The average Bonchev–Trinajstić information content (AvgIpc) is 2.20. The van der Waals surface area contributed by atoms with Gasteiger partial charge in [0.1, 0.15) is 0 Å². The molecule has 0 atom stereocenters. The third kappa shape index (κ3) is 2200. The van der Waals surface area contributed by atoms with Gasteiger partial charge in [0.2, 0.25) is 0 Å². The van der Waals surface area contributed by atoms with E-state index in [0.29, 0.717) is 0 Å². The molecular weight excluding hydrogens is 502 g/mol. The number of carboxylic acid groups (broad SMARTS) is 7. The molecule has 2 radical (unpaired) electrons. The number of rotatable bonds is 0. The van der Waals surface area contributed by atoms with Gasteiger partial charge in [0.05, 0.1) is 0 Å². The molecule has 0 aliphatic carbocycles. The van der Waals surface area contributed by atoms with E-state index in [1.165, 1.54) is 0 Å². The van der Waals surface area contributed by atoms with Crippen LogP contribution in [0.25, 0.3) is 0 Å². The molecule has 0 saturated heterocycles. The van der Waals surface area contributed by atoms with Gasteiger partial charge in [-0.15, -0.1) is 0 Å². The van der Waals surface area contributed by atoms with Gasteiger partial charge in [-0.3, -0.25) is 0 Å². The predicted molar refractivity (Wildman–Crippen MR) is 74.8 cm³/mol. The molecule has 0 aromatic carbocycles. The van der Waals surface area contributed by atoms with Crippen molar-refractivity contribution in [1.82, 2.24) is 0 Å². The average molecular weight is 523 g/mol. The molecule has 0 unspecified atom stereocenters. The molecule has 14 nitrogen and oxygen atoms in total. The van der Waals surface area contributed by atoms with Crippen LogP contribution in [0.3, 0.4) is 0 Å². The Hall–Kier alpha value is -2.62. The molecule has 0 aliphatic heterocycles. The Labute approximate surface area is 195 Å². The van der Waals surface area contributed by atoms with Gasteiger partial charge < -0.3 is 69.3 Å². The monoisotopic (exact) mass is 523 g/mol. The van der Waals surface area contributed by atoms with Crippen LogP contribution < -0.4 is 35.7 Å². The Kier molecular flexibility index (Phi) is 94.6. The zero-order valence-electron chi connectivity index (χ0n) is 17.0. The molecule has 0 amide bonds. The summed E-state index contributed by atoms with van der Waals surface area (Å²) >= 11 is 0. The zero-order valence-corrected chi connectivity index (χ0v) is 19.4. The van der Waals surface area contributed by atoms with E-state index < -0.39 is 41.8 Å². The van der Waals surface area contributed by atoms with E-state index >= 15 is 0 Å². The fourth-order valence-electron chi connectivity index (χ4n) is 0. The van der Waals surface area contributed by atoms with Crippen LogP contribution in [0, 0.1) is 0 Å². The Morgan fingerprint density at radius 1 is 0.333 bits per heavy atom. The van der Waals surface area contributed by atoms with E-state index in [1.54, 1.807) is 0 Å². The fraction of sp³-hybridized carbons (Fsp3) is 0.500. The largest absolute Gasteiger partial charge is 2.00 e. The molecule has 0 fully saturated rings. The van der Waals surface area contributed by atoms with E-state index in [1.807, 2.05) is 0 Å². The van der Waals surface area contributed by atoms with Crippen LogP contribution in [0.4, 0.5) is 0 Å². The molecule has 0 N–H and O–H groups in total. The summed E-state index contributed by atoms with van der Waals surface area (Å²) in [6.45, 7) is 6.81. The molecule has 30 heavy (non-hydrogen) atoms. The summed E-state index contributed by atoms with van der Waals surface area (Å²) in [6.07, 6.45) is 0. The topological polar surface area (TPSA) is 281 Å². The van der Waals surface area contributed by atoms with Crippen molar-refractivity contribution in [2.75, 3.05) is 0 Å². The summed E-state index contributed by atoms with van der Waals surface area (Å²) in [6, 6.07) is 0. The molecule has 0 bridgehead atoms. The molecule has 16 heteroatoms. The first-order chi connectivity index (χ1) is 12.1. The van der Waals surface area contributed by atoms with E-state index in [2.05, 4.69) is 0 Å². The number of aliphatic carboxylic acids is 7. The second-order valence-electron chi connectivity index (χ2n) is 3.44. The summed E-state index contributed by atoms with van der Waals surface area (Å²) in [5.74, 6) is -7.58. The Bertz CT molecular complexity index is 320. The first-order valence-corrected chi connectivity index (χ1v) is 6.36. The van der Waals surface area contributed by atoms with Gasteiger partial charge in [-0.25, -0.2) is 0 Å². The molecule has 180 valence electrons. The standard InChI is InChI=1S/7C2H4O2.Co.V/c7*1-2(3)4;;/h7*1H3,(H,3,4);;/q;;;;;;;+2;/p-7. The third-order valence-corrected chi connectivity index (χ3v) is 0. The maximum absolute atomic E-state index is 8.89. The summed E-state index contributed by atoms with van der Waals surface area (Å²) in [5, 5.41) is 62.2. The Balaban J connectivity index is -0.0000000242. The van der Waals surface area contributed by atoms with Gasteiger partial charge in [-0.05, 0) is 48.5 Å². The number of carboxylic acids is 7. The van der Waals surface area contributed by atoms with Crippen LogP contribution in [-0.4, -0.2) is 41.8 Å². The second kappa shape index (κ2) is 50.3. The third-order valence-electron chi connectivity index (χ3n) is 0. The summed E-state index contributed by atoms with van der Waals surface area (Å²) in [7, 11) is 0. The number of hydrogen-bond donors (Lipinski definition) is 0. The quantitative estimate of drug-likeness (QED) is 0.285. The predicted octanol–water partition coefficient (Wildman–Crippen LogP) is -8.71. The summed E-state index contributed by atoms with van der Waals surface area (Å²) in [5.41, 5.74) is 0. The van der Waals surface area contributed by atoms with Gasteiger partial charge in [0, 0.05) is 60.3 Å². The normalized spacial score (nSPS) is 5.83. The molecule has 0 aliphatic rings. The minimum absolute atomic E-state index is 0. The van der Waals surface area contributed by atoms with Crippen LogP contribution in [0.15, 0.2) is 0 Å². The first kappa shape index (κ1) is 56.4. The van der Waals surface area contributed by atoms with Crippen molar-refractivity contribution in [2.24, 2.45) is 0 Å². The Morgan fingerprint density at radius 3 is 0.333 bits per heavy atom. The van der Waals surface area contributed by atoms with Crippen molar-refractivity contribution in [2.45, 2.75) is 48.5 Å². The molecule has 0 spiro atoms. The van der Waals surface area contributed by atoms with Crippen LogP contribution in [-0.2, 0) is 68.9 Å². The fourth-order valence-corrected chi connectivity index (χ4v) is 0. The minimum atomic E-state index is -1.08. The van der Waals surface area contributed by atoms with Crippen molar-refractivity contribution in [3.05, 3.63) is 0 Å². The van der Waals surface area contributed by atoms with Gasteiger partial charge in [-0.1, -0.05) is 0 Å². The maximum atomic E-state index is 8.89. The van der Waals surface area contributed by atoms with E-state index in [9.17, 15) is 0 Å². The molecule has 0 aromatic rings. The van der Waals surface area contributed by atoms with E-state index in [0.717, 1.165) is 48.5 Å². The van der Waals surface area contributed by atoms with Crippen LogP contribution in [0.2, 0.25) is 0 Å². The van der Waals surface area contributed by atoms with Crippen LogP contribution >= 0.6 is 0 Å². The van der Waals surface area contributed by atoms with Crippen molar-refractivity contribution in [1.29, 1.82) is 0 Å². The summed E-state index contributed by atoms with van der Waals surface area (Å²) < 4.78 is 0. The SMILES string of the molecule is CC(=O)[O-].CC(=O)[O-].CC(=O)[O-].CC(=O)[O-].CC(=O)[O-].CC(=O)[O-].CC(=O)[O-].[Co+2].[V]. The Morgan fingerprint density at radius 2 is 0.333 bits per heavy atom. The molecule has 0 saturated carbocycles. The van der Waals surface area contributed by atoms with E-state index in [-0.39, 0.29) is 35.3 Å². The smallest absolute Gasteiger partial charge is 0.550 e. The van der Waals surface area contributed by atoms with Crippen molar-refractivity contribution < 1.29 is 105 Å². The number of carbonyl (C=O) groups excluding carboxylic acids is 7. The summed E-state index contributed by atoms with van der Waals surface area (Å²) in [4.78, 5) is 62.2. The zero-order chi connectivity index (χ0) is 25.0. The van der Waals surface area contributed by atoms with Crippen molar-refractivity contribution in [3.8, 4) is 0 Å². The first-order valence-electron chi connectivity index (χ1n) is 6.36. The van der Waals surface area contributed by atoms with Crippen LogP contribution in [0.1, 0.15) is 48.5 Å². The van der Waals surface area contributed by atoms with Crippen LogP contribution in [0.5, 0.6) is 0 Å². The number of carbonyl (C=O) groups is 7.